The van der Waals surface area contributed by atoms with Gasteiger partial charge in [-0.2, -0.15) is 0 Å². The molecule has 2 rings (SSSR count). The van der Waals surface area contributed by atoms with E-state index in [0.29, 0.717) is 5.16 Å². The van der Waals surface area contributed by atoms with Gasteiger partial charge < -0.3 is 12.6 Å². The Kier molecular flexibility index (Phi) is 6.80. The van der Waals surface area contributed by atoms with Crippen molar-refractivity contribution in [3.8, 4) is 0 Å². The summed E-state index contributed by atoms with van der Waals surface area (Å²) >= 11 is 10.7. The van der Waals surface area contributed by atoms with Crippen LogP contribution in [0, 0.1) is 0 Å². The molecule has 0 saturated heterocycles. The molecule has 17 heavy (non-hydrogen) atoms. The number of halogens is 1. The van der Waals surface area contributed by atoms with Crippen molar-refractivity contribution in [3.63, 3.8) is 0 Å². The third-order valence-electron chi connectivity index (χ3n) is 1.97. The first-order valence-corrected chi connectivity index (χ1v) is 5.46. The maximum absolute atomic E-state index is 5.79. The minimum Gasteiger partial charge on any atom is -0.740 e. The number of benzene rings is 1. The zero-order valence-corrected chi connectivity index (χ0v) is 14.0. The van der Waals surface area contributed by atoms with Crippen LogP contribution in [0.5, 0.6) is 0 Å². The van der Waals surface area contributed by atoms with Gasteiger partial charge in [0.2, 0.25) is 0 Å². The van der Waals surface area contributed by atoms with Gasteiger partial charge in [-0.25, -0.2) is 0 Å². The van der Waals surface area contributed by atoms with Gasteiger partial charge in [-0.15, -0.1) is 0 Å². The summed E-state index contributed by atoms with van der Waals surface area (Å²) in [5, 5.41) is 1.09. The van der Waals surface area contributed by atoms with E-state index in [9.17, 15) is 0 Å². The van der Waals surface area contributed by atoms with Crippen LogP contribution >= 0.6 is 11.6 Å². The average Bonchev–Trinajstić information content (AvgIpc) is 2.28. The minimum absolute atomic E-state index is 0. The molecular weight excluding hydrogens is 279 g/mol. The van der Waals surface area contributed by atoms with Crippen LogP contribution < -0.4 is 51.4 Å². The molecule has 0 aliphatic carbocycles. The molecule has 0 atom stereocenters. The van der Waals surface area contributed by atoms with Gasteiger partial charge in [0.1, 0.15) is 0 Å². The summed E-state index contributed by atoms with van der Waals surface area (Å²) in [6, 6.07) is 9.38. The van der Waals surface area contributed by atoms with Crippen molar-refractivity contribution in [3.05, 3.63) is 52.8 Å². The van der Waals surface area contributed by atoms with Gasteiger partial charge in [0.25, 0.3) is 0 Å². The van der Waals surface area contributed by atoms with E-state index in [-0.39, 0.29) is 51.4 Å². The van der Waals surface area contributed by atoms with Crippen molar-refractivity contribution in [1.82, 2.24) is 9.97 Å². The summed E-state index contributed by atoms with van der Waals surface area (Å²) in [6.07, 6.45) is 5.49. The van der Waals surface area contributed by atoms with Crippen LogP contribution in [0.1, 0.15) is 11.3 Å². The quantitative estimate of drug-likeness (QED) is 0.448. The second-order valence-electron chi connectivity index (χ2n) is 3.15. The first-order chi connectivity index (χ1) is 7.74. The fourth-order valence-electron chi connectivity index (χ4n) is 1.20. The first kappa shape index (κ1) is 15.2. The van der Waals surface area contributed by atoms with Gasteiger partial charge in [0.15, 0.2) is 0 Å². The smallest absolute Gasteiger partial charge is 0.740 e. The molecule has 0 unspecified atom stereocenters. The van der Waals surface area contributed by atoms with Crippen LogP contribution in [0.25, 0.3) is 12.2 Å². The molecule has 0 spiro atoms. The molecule has 0 amide bonds. The van der Waals surface area contributed by atoms with Crippen molar-refractivity contribution in [2.24, 2.45) is 0 Å². The van der Waals surface area contributed by atoms with E-state index in [1.165, 1.54) is 0 Å². The van der Waals surface area contributed by atoms with Crippen LogP contribution in [-0.2, 0) is 12.6 Å². The van der Waals surface area contributed by atoms with Gasteiger partial charge in [-0.3, -0.25) is 9.97 Å². The molecule has 0 fully saturated rings. The van der Waals surface area contributed by atoms with Gasteiger partial charge in [0.05, 0.1) is 5.69 Å². The molecule has 1 aromatic carbocycles. The second kappa shape index (κ2) is 7.58. The largest absolute Gasteiger partial charge is 1.00 e. The number of rotatable bonds is 2. The summed E-state index contributed by atoms with van der Waals surface area (Å²) in [5.41, 5.74) is 1.86. The van der Waals surface area contributed by atoms with Crippen LogP contribution in [0.3, 0.4) is 0 Å². The van der Waals surface area contributed by atoms with E-state index in [1.807, 2.05) is 42.5 Å². The number of hydrogen-bond donors (Lipinski definition) is 0. The van der Waals surface area contributed by atoms with Crippen LogP contribution in [0.15, 0.2) is 41.7 Å². The maximum atomic E-state index is 5.79. The summed E-state index contributed by atoms with van der Waals surface area (Å²) in [5.74, 6) is 0. The van der Waals surface area contributed by atoms with Gasteiger partial charge in [0, 0.05) is 16.4 Å². The van der Waals surface area contributed by atoms with Gasteiger partial charge in [-0.05, 0) is 29.8 Å². The summed E-state index contributed by atoms with van der Waals surface area (Å²) in [7, 11) is 0. The summed E-state index contributed by atoms with van der Waals surface area (Å²) in [4.78, 5) is 7.96. The van der Waals surface area contributed by atoms with Crippen molar-refractivity contribution in [2.45, 2.75) is 5.16 Å². The van der Waals surface area contributed by atoms with E-state index >= 15 is 0 Å². The molecule has 0 N–H and O–H groups in total. The molecule has 0 radical (unpaired) electrons. The Hall–Kier alpha value is 0.186. The van der Waals surface area contributed by atoms with Crippen molar-refractivity contribution in [1.29, 1.82) is 0 Å². The normalized spacial score (nSPS) is 10.2. The fraction of sp³-hybridized carbons (Fsp3) is 0. The molecule has 0 saturated carbocycles. The number of hydrogen-bond acceptors (Lipinski definition) is 3. The van der Waals surface area contributed by atoms with E-state index in [4.69, 9.17) is 24.2 Å². The molecule has 80 valence electrons. The second-order valence-corrected chi connectivity index (χ2v) is 3.95. The standard InChI is InChI=1S/C12H9ClN2S.K/c13-10-4-1-9(2-5-10)3-6-11-7-8-14-12(16)15-11;/h1-8H,(H,14,15,16);/q;+1/p-1. The molecule has 0 aliphatic rings. The third kappa shape index (κ3) is 5.14. The third-order valence-corrected chi connectivity index (χ3v) is 2.42. The van der Waals surface area contributed by atoms with Crippen molar-refractivity contribution in [2.75, 3.05) is 0 Å². The molecule has 2 aromatic rings. The van der Waals surface area contributed by atoms with Crippen LogP contribution in [-0.4, -0.2) is 9.97 Å². The van der Waals surface area contributed by atoms with Crippen molar-refractivity contribution < 1.29 is 51.4 Å². The number of nitrogens with zero attached hydrogens (tertiary/aromatic N) is 2. The average molecular weight is 287 g/mol. The summed E-state index contributed by atoms with van der Waals surface area (Å²) in [6.45, 7) is 0. The Morgan fingerprint density at radius 3 is 2.41 bits per heavy atom. The molecule has 0 bridgehead atoms. The van der Waals surface area contributed by atoms with Crippen LogP contribution in [0.2, 0.25) is 5.02 Å². The number of aromatic nitrogens is 2. The fourth-order valence-corrected chi connectivity index (χ4v) is 1.49. The SMILES string of the molecule is [K+].[S-]c1nccc(C=Cc2ccc(Cl)cc2)n1. The Morgan fingerprint density at radius 2 is 1.76 bits per heavy atom. The van der Waals surface area contributed by atoms with E-state index < -0.39 is 0 Å². The molecule has 5 heteroatoms. The van der Waals surface area contributed by atoms with Gasteiger partial charge >= 0.3 is 51.4 Å². The van der Waals surface area contributed by atoms with Crippen molar-refractivity contribution >= 4 is 36.4 Å². The van der Waals surface area contributed by atoms with E-state index in [2.05, 4.69) is 9.97 Å². The molecule has 1 aromatic heterocycles. The zero-order valence-electron chi connectivity index (χ0n) is 9.30. The maximum Gasteiger partial charge on any atom is 1.00 e. The molecule has 2 nitrogen and oxygen atoms in total. The minimum atomic E-state index is 0. The Balaban J connectivity index is 0.00000144. The molecule has 0 aliphatic heterocycles. The zero-order chi connectivity index (χ0) is 11.4. The van der Waals surface area contributed by atoms with E-state index in [1.54, 1.807) is 6.20 Å². The first-order valence-electron chi connectivity index (χ1n) is 4.68. The monoisotopic (exact) mass is 286 g/mol. The van der Waals surface area contributed by atoms with E-state index in [0.717, 1.165) is 16.3 Å². The predicted molar refractivity (Wildman–Crippen MR) is 68.0 cm³/mol. The Morgan fingerprint density at radius 1 is 1.06 bits per heavy atom. The Bertz CT molecular complexity index is 514. The van der Waals surface area contributed by atoms with Gasteiger partial charge in [-0.1, -0.05) is 29.8 Å². The Labute approximate surface area is 153 Å². The van der Waals surface area contributed by atoms with Crippen LogP contribution in [0.4, 0.5) is 0 Å². The predicted octanol–water partition coefficient (Wildman–Crippen LogP) is 0.210. The molecular formula is C12H8ClKN2S. The molecule has 1 heterocycles. The summed E-state index contributed by atoms with van der Waals surface area (Å²) < 4.78 is 0. The topological polar surface area (TPSA) is 25.8 Å².